The second kappa shape index (κ2) is 7.09. The number of halogens is 1. The van der Waals surface area contributed by atoms with Crippen molar-refractivity contribution in [3.63, 3.8) is 0 Å². The van der Waals surface area contributed by atoms with E-state index in [4.69, 9.17) is 16.3 Å². The van der Waals surface area contributed by atoms with Crippen molar-refractivity contribution in [3.05, 3.63) is 50.8 Å². The van der Waals surface area contributed by atoms with Crippen LogP contribution in [0.1, 0.15) is 16.1 Å². The Bertz CT molecular complexity index is 817. The zero-order chi connectivity index (χ0) is 17.9. The van der Waals surface area contributed by atoms with E-state index < -0.39 is 23.4 Å². The summed E-state index contributed by atoms with van der Waals surface area (Å²) in [6.45, 7) is 0.964. The molecule has 0 fully saturated rings. The minimum Gasteiger partial charge on any atom is -0.452 e. The lowest BCUT2D eigenvalue weighted by Gasteiger charge is -2.07. The van der Waals surface area contributed by atoms with E-state index in [1.807, 2.05) is 0 Å². The van der Waals surface area contributed by atoms with Gasteiger partial charge in [-0.3, -0.25) is 19.6 Å². The number of nitrogens with zero attached hydrogens (tertiary/aromatic N) is 3. The van der Waals surface area contributed by atoms with E-state index in [0.717, 1.165) is 0 Å². The molecule has 9 nitrogen and oxygen atoms in total. The molecule has 0 aliphatic rings. The summed E-state index contributed by atoms with van der Waals surface area (Å²) in [4.78, 5) is 34.1. The second-order valence-corrected chi connectivity index (χ2v) is 5.13. The smallest absolute Gasteiger partial charge is 0.343 e. The fourth-order valence-corrected chi connectivity index (χ4v) is 2.24. The number of esters is 1. The number of carbonyl (C=O) groups excluding carboxylic acids is 2. The quantitative estimate of drug-likeness (QED) is 0.500. The molecule has 10 heteroatoms. The summed E-state index contributed by atoms with van der Waals surface area (Å²) in [5.74, 6) is -1.52. The molecule has 0 saturated carbocycles. The molecule has 1 aromatic carbocycles. The van der Waals surface area contributed by atoms with E-state index in [-0.39, 0.29) is 22.1 Å². The molecular weight excluding hydrogens is 340 g/mol. The van der Waals surface area contributed by atoms with Gasteiger partial charge < -0.3 is 10.1 Å². The number of aromatic nitrogens is 2. The zero-order valence-corrected chi connectivity index (χ0v) is 13.5. The van der Waals surface area contributed by atoms with Crippen molar-refractivity contribution in [1.82, 2.24) is 9.78 Å². The van der Waals surface area contributed by atoms with E-state index in [9.17, 15) is 19.7 Å². The molecule has 0 bridgehead atoms. The van der Waals surface area contributed by atoms with Gasteiger partial charge in [0.25, 0.3) is 11.6 Å². The van der Waals surface area contributed by atoms with Gasteiger partial charge in [0.15, 0.2) is 6.61 Å². The number of nitro benzene ring substituents is 1. The van der Waals surface area contributed by atoms with Gasteiger partial charge in [-0.1, -0.05) is 23.7 Å². The van der Waals surface area contributed by atoms with E-state index >= 15 is 0 Å². The number of amides is 1. The summed E-state index contributed by atoms with van der Waals surface area (Å²) < 4.78 is 6.19. The summed E-state index contributed by atoms with van der Waals surface area (Å²) in [5, 5.41) is 17.3. The molecule has 0 spiro atoms. The average Bonchev–Trinajstić information content (AvgIpc) is 2.78. The van der Waals surface area contributed by atoms with Gasteiger partial charge in [-0.05, 0) is 13.0 Å². The van der Waals surface area contributed by atoms with Crippen LogP contribution in [0.5, 0.6) is 0 Å². The highest BCUT2D eigenvalue weighted by Crippen LogP contribution is 2.23. The molecule has 1 heterocycles. The van der Waals surface area contributed by atoms with Crippen LogP contribution >= 0.6 is 11.6 Å². The highest BCUT2D eigenvalue weighted by molar-refractivity contribution is 6.32. The molecule has 24 heavy (non-hydrogen) atoms. The molecule has 0 unspecified atom stereocenters. The molecule has 0 aliphatic carbocycles. The first-order chi connectivity index (χ1) is 11.3. The normalized spacial score (nSPS) is 10.3. The molecule has 1 amide bonds. The number of nitrogens with one attached hydrogen (secondary N) is 1. The lowest BCUT2D eigenvalue weighted by molar-refractivity contribution is -0.383. The summed E-state index contributed by atoms with van der Waals surface area (Å²) >= 11 is 5.93. The van der Waals surface area contributed by atoms with Crippen LogP contribution in [0.2, 0.25) is 5.15 Å². The monoisotopic (exact) mass is 352 g/mol. The maximum atomic E-state index is 12.0. The number of carbonyl (C=O) groups is 2. The third kappa shape index (κ3) is 3.69. The topological polar surface area (TPSA) is 116 Å². The van der Waals surface area contributed by atoms with E-state index in [1.54, 1.807) is 14.0 Å². The van der Waals surface area contributed by atoms with Gasteiger partial charge in [0.2, 0.25) is 0 Å². The molecule has 0 aliphatic heterocycles. The van der Waals surface area contributed by atoms with Gasteiger partial charge in [-0.25, -0.2) is 4.79 Å². The Labute approximate surface area is 141 Å². The first-order valence-electron chi connectivity index (χ1n) is 6.70. The molecule has 0 saturated heterocycles. The minimum atomic E-state index is -0.802. The number of anilines is 1. The van der Waals surface area contributed by atoms with Crippen LogP contribution in [0.3, 0.4) is 0 Å². The molecule has 1 aromatic heterocycles. The van der Waals surface area contributed by atoms with Crippen molar-refractivity contribution < 1.29 is 19.2 Å². The Morgan fingerprint density at radius 1 is 1.42 bits per heavy atom. The number of hydrogen-bond donors (Lipinski definition) is 1. The van der Waals surface area contributed by atoms with Crippen LogP contribution in [-0.2, 0) is 16.6 Å². The van der Waals surface area contributed by atoms with Gasteiger partial charge in [-0.15, -0.1) is 0 Å². The molecule has 0 radical (unpaired) electrons. The summed E-state index contributed by atoms with van der Waals surface area (Å²) in [6, 6.07) is 5.63. The maximum Gasteiger partial charge on any atom is 0.343 e. The zero-order valence-electron chi connectivity index (χ0n) is 12.8. The predicted molar refractivity (Wildman–Crippen MR) is 85.0 cm³/mol. The van der Waals surface area contributed by atoms with E-state index in [2.05, 4.69) is 10.4 Å². The molecular formula is C14H13ClN4O5. The van der Waals surface area contributed by atoms with Crippen molar-refractivity contribution in [2.45, 2.75) is 6.92 Å². The lowest BCUT2D eigenvalue weighted by atomic mass is 10.2. The van der Waals surface area contributed by atoms with Crippen molar-refractivity contribution in [1.29, 1.82) is 0 Å². The summed E-state index contributed by atoms with van der Waals surface area (Å²) in [6.07, 6.45) is 0. The van der Waals surface area contributed by atoms with Crippen LogP contribution < -0.4 is 5.32 Å². The molecule has 2 aromatic rings. The highest BCUT2D eigenvalue weighted by atomic mass is 35.5. The first-order valence-corrected chi connectivity index (χ1v) is 7.08. The number of ether oxygens (including phenoxy) is 1. The maximum absolute atomic E-state index is 12.0. The van der Waals surface area contributed by atoms with Crippen LogP contribution in [-0.4, -0.2) is 33.2 Å². The van der Waals surface area contributed by atoms with Crippen LogP contribution in [0.15, 0.2) is 24.3 Å². The van der Waals surface area contributed by atoms with Crippen molar-refractivity contribution in [2.75, 3.05) is 11.9 Å². The van der Waals surface area contributed by atoms with Crippen LogP contribution in [0.25, 0.3) is 0 Å². The average molecular weight is 353 g/mol. The van der Waals surface area contributed by atoms with Crippen LogP contribution in [0.4, 0.5) is 11.4 Å². The largest absolute Gasteiger partial charge is 0.452 e. The molecule has 126 valence electrons. The minimum absolute atomic E-state index is 0.0131. The number of nitro groups is 1. The third-order valence-corrected chi connectivity index (χ3v) is 3.50. The number of hydrogen-bond acceptors (Lipinski definition) is 6. The second-order valence-electron chi connectivity index (χ2n) is 4.77. The van der Waals surface area contributed by atoms with E-state index in [1.165, 1.54) is 28.9 Å². The highest BCUT2D eigenvalue weighted by Gasteiger charge is 2.22. The van der Waals surface area contributed by atoms with Crippen molar-refractivity contribution >= 4 is 34.9 Å². The van der Waals surface area contributed by atoms with Gasteiger partial charge in [0, 0.05) is 13.1 Å². The van der Waals surface area contributed by atoms with Crippen LogP contribution in [0, 0.1) is 17.0 Å². The number of para-hydroxylation sites is 2. The Balaban J connectivity index is 2.01. The fraction of sp³-hybridized carbons (Fsp3) is 0.214. The first kappa shape index (κ1) is 17.4. The van der Waals surface area contributed by atoms with E-state index in [0.29, 0.717) is 5.69 Å². The molecule has 1 N–H and O–H groups in total. The Kier molecular flexibility index (Phi) is 5.14. The van der Waals surface area contributed by atoms with Crippen molar-refractivity contribution in [3.8, 4) is 0 Å². The van der Waals surface area contributed by atoms with Gasteiger partial charge >= 0.3 is 5.97 Å². The van der Waals surface area contributed by atoms with Gasteiger partial charge in [-0.2, -0.15) is 5.10 Å². The van der Waals surface area contributed by atoms with Gasteiger partial charge in [0.1, 0.15) is 16.4 Å². The predicted octanol–water partition coefficient (Wildman–Crippen LogP) is 2.09. The Morgan fingerprint density at radius 3 is 2.67 bits per heavy atom. The van der Waals surface area contributed by atoms with Crippen molar-refractivity contribution in [2.24, 2.45) is 7.05 Å². The third-order valence-electron chi connectivity index (χ3n) is 3.07. The number of aryl methyl sites for hydroxylation is 2. The summed E-state index contributed by atoms with van der Waals surface area (Å²) in [5.41, 5.74) is 0.187. The SMILES string of the molecule is Cc1nn(C)c(Cl)c1C(=O)OCC(=O)Nc1ccccc1[N+](=O)[O-]. The molecule has 2 rings (SSSR count). The molecule has 0 atom stereocenters. The Hall–Kier alpha value is -2.94. The lowest BCUT2D eigenvalue weighted by Crippen LogP contribution is -2.21. The standard InChI is InChI=1S/C14H13ClN4O5/c1-8-12(13(15)18(2)17-8)14(21)24-7-11(20)16-9-5-3-4-6-10(9)19(22)23/h3-6H,7H2,1-2H3,(H,16,20). The summed E-state index contributed by atoms with van der Waals surface area (Å²) in [7, 11) is 1.56. The van der Waals surface area contributed by atoms with Gasteiger partial charge in [0.05, 0.1) is 10.6 Å². The number of rotatable bonds is 5. The Morgan fingerprint density at radius 2 is 2.08 bits per heavy atom. The number of benzene rings is 1. The fourth-order valence-electron chi connectivity index (χ4n) is 1.99.